The van der Waals surface area contributed by atoms with E-state index in [1.54, 1.807) is 32.4 Å². The topological polar surface area (TPSA) is 64.7 Å². The quantitative estimate of drug-likeness (QED) is 0.841. The number of hydrogen-bond donors (Lipinski definition) is 2. The fourth-order valence-electron chi connectivity index (χ4n) is 2.36. The highest BCUT2D eigenvalue weighted by Gasteiger charge is 2.21. The van der Waals surface area contributed by atoms with Crippen molar-refractivity contribution in [3.05, 3.63) is 53.1 Å². The van der Waals surface area contributed by atoms with Crippen molar-refractivity contribution >= 4 is 5.69 Å². The molecule has 0 bridgehead atoms. The fraction of sp³-hybridized carbons (Fsp3) is 0.250. The lowest BCUT2D eigenvalue weighted by molar-refractivity contribution is 0.213. The minimum atomic E-state index is -0.860. The molecule has 0 spiro atoms. The highest BCUT2D eigenvalue weighted by atomic mass is 16.5. The van der Waals surface area contributed by atoms with E-state index in [2.05, 4.69) is 0 Å². The molecule has 0 aliphatic carbocycles. The Bertz CT molecular complexity index is 590. The first-order chi connectivity index (χ1) is 9.60. The van der Waals surface area contributed by atoms with E-state index in [4.69, 9.17) is 15.2 Å². The smallest absolute Gasteiger partial charge is 0.166 e. The highest BCUT2D eigenvalue weighted by Crippen LogP contribution is 2.39. The van der Waals surface area contributed by atoms with Gasteiger partial charge in [-0.25, -0.2) is 0 Å². The van der Waals surface area contributed by atoms with Crippen LogP contribution in [0.15, 0.2) is 36.4 Å². The van der Waals surface area contributed by atoms with Gasteiger partial charge in [0.25, 0.3) is 0 Å². The molecule has 4 heteroatoms. The molecule has 0 saturated carbocycles. The Morgan fingerprint density at radius 3 is 2.35 bits per heavy atom. The van der Waals surface area contributed by atoms with Gasteiger partial charge in [0.15, 0.2) is 11.5 Å². The first-order valence-corrected chi connectivity index (χ1v) is 6.34. The predicted octanol–water partition coefficient (Wildman–Crippen LogP) is 2.68. The summed E-state index contributed by atoms with van der Waals surface area (Å²) in [7, 11) is 3.12. The Balaban J connectivity index is 2.56. The van der Waals surface area contributed by atoms with Gasteiger partial charge in [0.2, 0.25) is 0 Å². The number of aliphatic hydroxyl groups is 1. The highest BCUT2D eigenvalue weighted by molar-refractivity contribution is 5.57. The van der Waals surface area contributed by atoms with E-state index < -0.39 is 6.10 Å². The van der Waals surface area contributed by atoms with Crippen LogP contribution in [0.2, 0.25) is 0 Å². The second kappa shape index (κ2) is 5.84. The lowest BCUT2D eigenvalue weighted by Crippen LogP contribution is -2.08. The Morgan fingerprint density at radius 2 is 1.75 bits per heavy atom. The maximum absolute atomic E-state index is 10.7. The van der Waals surface area contributed by atoms with Gasteiger partial charge in [-0.1, -0.05) is 24.3 Å². The Hall–Kier alpha value is -2.20. The summed E-state index contributed by atoms with van der Waals surface area (Å²) in [6, 6.07) is 11.0. The van der Waals surface area contributed by atoms with Crippen molar-refractivity contribution in [3.8, 4) is 11.5 Å². The van der Waals surface area contributed by atoms with Crippen molar-refractivity contribution < 1.29 is 14.6 Å². The first kappa shape index (κ1) is 14.2. The molecule has 2 aromatic carbocycles. The molecule has 0 radical (unpaired) electrons. The summed E-state index contributed by atoms with van der Waals surface area (Å²) in [4.78, 5) is 0. The normalized spacial score (nSPS) is 12.0. The number of benzene rings is 2. The summed E-state index contributed by atoms with van der Waals surface area (Å²) in [6.45, 7) is 1.92. The van der Waals surface area contributed by atoms with Gasteiger partial charge in [-0.3, -0.25) is 0 Å². The van der Waals surface area contributed by atoms with Crippen molar-refractivity contribution in [2.24, 2.45) is 0 Å². The minimum Gasteiger partial charge on any atom is -0.493 e. The standard InChI is InChI=1S/C16H19NO3/c1-10-6-4-8-12(17)14(10)15(18)11-7-5-9-13(19-2)16(11)20-3/h4-9,15,18H,17H2,1-3H3. The lowest BCUT2D eigenvalue weighted by atomic mass is 9.95. The summed E-state index contributed by atoms with van der Waals surface area (Å²) in [5.41, 5.74) is 8.81. The van der Waals surface area contributed by atoms with E-state index in [0.29, 0.717) is 28.3 Å². The molecule has 0 heterocycles. The number of nitrogen functional groups attached to an aromatic ring is 1. The molecule has 1 atom stereocenters. The summed E-state index contributed by atoms with van der Waals surface area (Å²) in [6.07, 6.45) is -0.860. The maximum atomic E-state index is 10.7. The van der Waals surface area contributed by atoms with Crippen LogP contribution >= 0.6 is 0 Å². The third-order valence-electron chi connectivity index (χ3n) is 3.36. The number of aryl methyl sites for hydroxylation is 1. The Kier molecular flexibility index (Phi) is 4.15. The van der Waals surface area contributed by atoms with E-state index in [9.17, 15) is 5.11 Å². The van der Waals surface area contributed by atoms with Crippen LogP contribution in [0.4, 0.5) is 5.69 Å². The van der Waals surface area contributed by atoms with Gasteiger partial charge < -0.3 is 20.3 Å². The number of nitrogens with two attached hydrogens (primary N) is 1. The van der Waals surface area contributed by atoms with Crippen molar-refractivity contribution in [2.45, 2.75) is 13.0 Å². The van der Waals surface area contributed by atoms with Gasteiger partial charge >= 0.3 is 0 Å². The molecule has 2 rings (SSSR count). The predicted molar refractivity (Wildman–Crippen MR) is 79.2 cm³/mol. The van der Waals surface area contributed by atoms with Crippen LogP contribution in [0.3, 0.4) is 0 Å². The largest absolute Gasteiger partial charge is 0.493 e. The van der Waals surface area contributed by atoms with Crippen molar-refractivity contribution in [2.75, 3.05) is 20.0 Å². The maximum Gasteiger partial charge on any atom is 0.166 e. The molecule has 3 N–H and O–H groups in total. The minimum absolute atomic E-state index is 0.519. The van der Waals surface area contributed by atoms with Gasteiger partial charge in [0, 0.05) is 16.8 Å². The Labute approximate surface area is 118 Å². The molecule has 0 aromatic heterocycles. The molecule has 0 aliphatic heterocycles. The fourth-order valence-corrected chi connectivity index (χ4v) is 2.36. The second-order valence-electron chi connectivity index (χ2n) is 4.56. The van der Waals surface area contributed by atoms with Gasteiger partial charge in [0.05, 0.1) is 14.2 Å². The number of para-hydroxylation sites is 1. The summed E-state index contributed by atoms with van der Waals surface area (Å²) in [5.74, 6) is 1.10. The van der Waals surface area contributed by atoms with Crippen molar-refractivity contribution in [1.82, 2.24) is 0 Å². The average molecular weight is 273 g/mol. The van der Waals surface area contributed by atoms with Gasteiger partial charge in [-0.2, -0.15) is 0 Å². The first-order valence-electron chi connectivity index (χ1n) is 6.34. The summed E-state index contributed by atoms with van der Waals surface area (Å²) in [5, 5.41) is 10.7. The number of hydrogen-bond acceptors (Lipinski definition) is 4. The zero-order valence-electron chi connectivity index (χ0n) is 11.9. The van der Waals surface area contributed by atoms with E-state index in [-0.39, 0.29) is 0 Å². The van der Waals surface area contributed by atoms with Crippen LogP contribution < -0.4 is 15.2 Å². The van der Waals surface area contributed by atoms with E-state index in [1.165, 1.54) is 0 Å². The number of aliphatic hydroxyl groups excluding tert-OH is 1. The number of ether oxygens (including phenoxy) is 2. The van der Waals surface area contributed by atoms with Crippen LogP contribution in [0, 0.1) is 6.92 Å². The average Bonchev–Trinajstić information content (AvgIpc) is 2.45. The van der Waals surface area contributed by atoms with Crippen molar-refractivity contribution in [1.29, 1.82) is 0 Å². The van der Waals surface area contributed by atoms with Crippen LogP contribution in [-0.2, 0) is 0 Å². The third kappa shape index (κ3) is 2.42. The zero-order chi connectivity index (χ0) is 14.7. The van der Waals surface area contributed by atoms with Gasteiger partial charge in [-0.05, 0) is 24.6 Å². The van der Waals surface area contributed by atoms with Crippen LogP contribution in [-0.4, -0.2) is 19.3 Å². The number of methoxy groups -OCH3 is 2. The van der Waals surface area contributed by atoms with Gasteiger partial charge in [0.1, 0.15) is 6.10 Å². The molecule has 4 nitrogen and oxygen atoms in total. The molecule has 20 heavy (non-hydrogen) atoms. The Morgan fingerprint density at radius 1 is 1.05 bits per heavy atom. The molecule has 0 amide bonds. The molecule has 0 aliphatic rings. The third-order valence-corrected chi connectivity index (χ3v) is 3.36. The van der Waals surface area contributed by atoms with E-state index >= 15 is 0 Å². The molecular weight excluding hydrogens is 254 g/mol. The van der Waals surface area contributed by atoms with Crippen LogP contribution in [0.1, 0.15) is 22.8 Å². The second-order valence-corrected chi connectivity index (χ2v) is 4.56. The summed E-state index contributed by atoms with van der Waals surface area (Å²) >= 11 is 0. The molecule has 0 fully saturated rings. The van der Waals surface area contributed by atoms with Crippen LogP contribution in [0.25, 0.3) is 0 Å². The summed E-state index contributed by atoms with van der Waals surface area (Å²) < 4.78 is 10.6. The van der Waals surface area contributed by atoms with E-state index in [1.807, 2.05) is 25.1 Å². The van der Waals surface area contributed by atoms with E-state index in [0.717, 1.165) is 5.56 Å². The molecule has 0 saturated heterocycles. The number of anilines is 1. The lowest BCUT2D eigenvalue weighted by Gasteiger charge is -2.20. The van der Waals surface area contributed by atoms with Crippen LogP contribution in [0.5, 0.6) is 11.5 Å². The molecule has 106 valence electrons. The molecule has 1 unspecified atom stereocenters. The zero-order valence-corrected chi connectivity index (χ0v) is 11.9. The molecule has 2 aromatic rings. The monoisotopic (exact) mass is 273 g/mol. The van der Waals surface area contributed by atoms with Crippen molar-refractivity contribution in [3.63, 3.8) is 0 Å². The SMILES string of the molecule is COc1cccc(C(O)c2c(C)cccc2N)c1OC. The number of rotatable bonds is 4. The van der Waals surface area contributed by atoms with Gasteiger partial charge in [-0.15, -0.1) is 0 Å². The molecular formula is C16H19NO3.